The monoisotopic (exact) mass is 313 g/mol. The third kappa shape index (κ3) is 3.41. The van der Waals surface area contributed by atoms with Crippen molar-refractivity contribution in [1.29, 1.82) is 0 Å². The first-order chi connectivity index (χ1) is 11.2. The van der Waals surface area contributed by atoms with Crippen LogP contribution in [0.25, 0.3) is 11.0 Å². The zero-order chi connectivity index (χ0) is 16.2. The molecule has 0 spiro atoms. The molecule has 0 aliphatic carbocycles. The largest absolute Gasteiger partial charge is 0.345 e. The Bertz CT molecular complexity index is 676. The van der Waals surface area contributed by atoms with Gasteiger partial charge in [0.25, 0.3) is 0 Å². The van der Waals surface area contributed by atoms with Gasteiger partial charge in [0.1, 0.15) is 5.82 Å². The number of aromatic nitrogens is 2. The van der Waals surface area contributed by atoms with Crippen molar-refractivity contribution in [3.8, 4) is 0 Å². The normalized spacial score (nSPS) is 18.3. The van der Waals surface area contributed by atoms with E-state index in [4.69, 9.17) is 4.98 Å². The third-order valence-electron chi connectivity index (χ3n) is 4.88. The average Bonchev–Trinajstić information content (AvgIpc) is 3.08. The van der Waals surface area contributed by atoms with Crippen LogP contribution in [-0.4, -0.2) is 34.0 Å². The van der Waals surface area contributed by atoms with E-state index in [0.29, 0.717) is 6.42 Å². The van der Waals surface area contributed by atoms with E-state index in [1.165, 1.54) is 37.6 Å². The van der Waals surface area contributed by atoms with Crippen LogP contribution in [0.1, 0.15) is 57.2 Å². The van der Waals surface area contributed by atoms with Crippen LogP contribution in [-0.2, 0) is 11.3 Å². The van der Waals surface area contributed by atoms with Crippen LogP contribution in [0.15, 0.2) is 24.3 Å². The first kappa shape index (κ1) is 16.0. The summed E-state index contributed by atoms with van der Waals surface area (Å²) in [5.74, 6) is 1.56. The number of hydrogen-bond donors (Lipinski definition) is 0. The fraction of sp³-hybridized carbons (Fsp3) is 0.579. The minimum Gasteiger partial charge on any atom is -0.345 e. The molecule has 0 N–H and O–H groups in total. The Balaban J connectivity index is 1.82. The van der Waals surface area contributed by atoms with E-state index in [2.05, 4.69) is 29.7 Å². The van der Waals surface area contributed by atoms with Gasteiger partial charge in [0.05, 0.1) is 11.0 Å². The predicted octanol–water partition coefficient (Wildman–Crippen LogP) is 3.95. The van der Waals surface area contributed by atoms with Crippen LogP contribution in [0, 0.1) is 0 Å². The van der Waals surface area contributed by atoms with Crippen molar-refractivity contribution in [2.75, 3.05) is 13.6 Å². The molecule has 3 rings (SSSR count). The molecular formula is C19H27N3O. The molecule has 2 heterocycles. The molecule has 124 valence electrons. The van der Waals surface area contributed by atoms with Crippen LogP contribution in [0.3, 0.4) is 0 Å². The number of nitrogens with zero attached hydrogens (tertiary/aromatic N) is 3. The van der Waals surface area contributed by atoms with Gasteiger partial charge >= 0.3 is 0 Å². The summed E-state index contributed by atoms with van der Waals surface area (Å²) in [6.07, 6.45) is 6.95. The number of hydrogen-bond acceptors (Lipinski definition) is 2. The Hall–Kier alpha value is -1.84. The van der Waals surface area contributed by atoms with E-state index in [0.717, 1.165) is 24.4 Å². The van der Waals surface area contributed by atoms with Gasteiger partial charge in [-0.2, -0.15) is 0 Å². The molecule has 1 atom stereocenters. The molecule has 4 nitrogen and oxygen atoms in total. The van der Waals surface area contributed by atoms with Crippen LogP contribution in [0.4, 0.5) is 0 Å². The maximum absolute atomic E-state index is 11.9. The number of benzene rings is 1. The smallest absolute Gasteiger partial charge is 0.223 e. The molecule has 0 bridgehead atoms. The number of imidazole rings is 1. The second-order valence-corrected chi connectivity index (χ2v) is 6.70. The van der Waals surface area contributed by atoms with Gasteiger partial charge in [0, 0.05) is 32.5 Å². The summed E-state index contributed by atoms with van der Waals surface area (Å²) in [7, 11) is 1.89. The standard InChI is InChI=1S/C19H27N3O/c1-3-4-5-6-9-12-22-17-11-8-7-10-16(17)20-19(22)15-13-18(23)21(2)14-15/h7-8,10-11,15H,3-6,9,12-14H2,1-2H3. The molecule has 1 saturated heterocycles. The number of carbonyl (C=O) groups excluding carboxylic acids is 1. The molecule has 1 aromatic heterocycles. The number of amides is 1. The molecule has 1 unspecified atom stereocenters. The SMILES string of the molecule is CCCCCCCn1c(C2CC(=O)N(C)C2)nc2ccccc21. The molecule has 1 fully saturated rings. The summed E-state index contributed by atoms with van der Waals surface area (Å²) in [6.45, 7) is 4.04. The van der Waals surface area contributed by atoms with Crippen LogP contribution >= 0.6 is 0 Å². The molecular weight excluding hydrogens is 286 g/mol. The van der Waals surface area contributed by atoms with Gasteiger partial charge in [0.15, 0.2) is 0 Å². The molecule has 23 heavy (non-hydrogen) atoms. The fourth-order valence-electron chi connectivity index (χ4n) is 3.55. The van der Waals surface area contributed by atoms with E-state index >= 15 is 0 Å². The zero-order valence-electron chi connectivity index (χ0n) is 14.3. The van der Waals surface area contributed by atoms with Gasteiger partial charge in [-0.25, -0.2) is 4.98 Å². The topological polar surface area (TPSA) is 38.1 Å². The lowest BCUT2D eigenvalue weighted by atomic mass is 10.1. The van der Waals surface area contributed by atoms with Crippen molar-refractivity contribution >= 4 is 16.9 Å². The lowest BCUT2D eigenvalue weighted by molar-refractivity contribution is -0.126. The maximum Gasteiger partial charge on any atom is 0.223 e. The molecule has 2 aromatic rings. The van der Waals surface area contributed by atoms with E-state index < -0.39 is 0 Å². The molecule has 4 heteroatoms. The Morgan fingerprint density at radius 3 is 2.70 bits per heavy atom. The minimum absolute atomic E-state index is 0.232. The van der Waals surface area contributed by atoms with Gasteiger partial charge in [-0.3, -0.25) is 4.79 Å². The van der Waals surface area contributed by atoms with Crippen LogP contribution < -0.4 is 0 Å². The summed E-state index contributed by atoms with van der Waals surface area (Å²) >= 11 is 0. The second kappa shape index (κ2) is 7.16. The molecule has 0 saturated carbocycles. The quantitative estimate of drug-likeness (QED) is 0.726. The number of likely N-dealkylation sites (tertiary alicyclic amines) is 1. The number of aryl methyl sites for hydroxylation is 1. The fourth-order valence-corrected chi connectivity index (χ4v) is 3.55. The number of para-hydroxylation sites is 2. The van der Waals surface area contributed by atoms with Gasteiger partial charge < -0.3 is 9.47 Å². The van der Waals surface area contributed by atoms with Gasteiger partial charge in [0.2, 0.25) is 5.91 Å². The van der Waals surface area contributed by atoms with Gasteiger partial charge in [-0.15, -0.1) is 0 Å². The lowest BCUT2D eigenvalue weighted by Crippen LogP contribution is -2.19. The first-order valence-electron chi connectivity index (χ1n) is 8.90. The third-order valence-corrected chi connectivity index (χ3v) is 4.88. The second-order valence-electron chi connectivity index (χ2n) is 6.70. The van der Waals surface area contributed by atoms with Crippen LogP contribution in [0.2, 0.25) is 0 Å². The maximum atomic E-state index is 11.9. The van der Waals surface area contributed by atoms with Crippen LogP contribution in [0.5, 0.6) is 0 Å². The highest BCUT2D eigenvalue weighted by Gasteiger charge is 2.31. The van der Waals surface area contributed by atoms with Crippen molar-refractivity contribution < 1.29 is 4.79 Å². The van der Waals surface area contributed by atoms with E-state index in [1.807, 2.05) is 18.0 Å². The molecule has 0 radical (unpaired) electrons. The van der Waals surface area contributed by atoms with Crippen molar-refractivity contribution in [2.24, 2.45) is 0 Å². The lowest BCUT2D eigenvalue weighted by Gasteiger charge is -2.14. The molecule has 1 amide bonds. The van der Waals surface area contributed by atoms with Crippen molar-refractivity contribution in [2.45, 2.75) is 57.9 Å². The predicted molar refractivity (Wildman–Crippen MR) is 93.5 cm³/mol. The number of likely N-dealkylation sites (N-methyl/N-ethyl adjacent to an activating group) is 1. The first-order valence-corrected chi connectivity index (χ1v) is 8.90. The summed E-state index contributed by atoms with van der Waals surface area (Å²) < 4.78 is 2.36. The van der Waals surface area contributed by atoms with E-state index in [1.54, 1.807) is 0 Å². The van der Waals surface area contributed by atoms with Crippen molar-refractivity contribution in [3.05, 3.63) is 30.1 Å². The Morgan fingerprint density at radius 2 is 1.96 bits per heavy atom. The highest BCUT2D eigenvalue weighted by Crippen LogP contribution is 2.30. The number of rotatable bonds is 7. The number of fused-ring (bicyclic) bond motifs is 1. The summed E-state index contributed by atoms with van der Waals surface area (Å²) in [4.78, 5) is 18.6. The molecule has 1 aromatic carbocycles. The van der Waals surface area contributed by atoms with E-state index in [9.17, 15) is 4.79 Å². The summed E-state index contributed by atoms with van der Waals surface area (Å²) in [6, 6.07) is 8.34. The minimum atomic E-state index is 0.232. The Morgan fingerprint density at radius 1 is 1.17 bits per heavy atom. The highest BCUT2D eigenvalue weighted by molar-refractivity contribution is 5.80. The molecule has 1 aliphatic rings. The van der Waals surface area contributed by atoms with E-state index in [-0.39, 0.29) is 11.8 Å². The Kier molecular flexibility index (Phi) is 4.99. The zero-order valence-corrected chi connectivity index (χ0v) is 14.3. The molecule has 1 aliphatic heterocycles. The van der Waals surface area contributed by atoms with Crippen molar-refractivity contribution in [3.63, 3.8) is 0 Å². The summed E-state index contributed by atoms with van der Waals surface area (Å²) in [5.41, 5.74) is 2.26. The summed E-state index contributed by atoms with van der Waals surface area (Å²) in [5, 5.41) is 0. The highest BCUT2D eigenvalue weighted by atomic mass is 16.2. The average molecular weight is 313 g/mol. The number of carbonyl (C=O) groups is 1. The van der Waals surface area contributed by atoms with Crippen molar-refractivity contribution in [1.82, 2.24) is 14.5 Å². The number of unbranched alkanes of at least 4 members (excludes halogenated alkanes) is 4. The van der Waals surface area contributed by atoms with Gasteiger partial charge in [-0.05, 0) is 18.6 Å². The Labute approximate surface area is 138 Å². The van der Waals surface area contributed by atoms with Gasteiger partial charge in [-0.1, -0.05) is 44.7 Å².